The van der Waals surface area contributed by atoms with Crippen LogP contribution in [0.15, 0.2) is 59.2 Å². The summed E-state index contributed by atoms with van der Waals surface area (Å²) in [5.74, 6) is 0.357. The van der Waals surface area contributed by atoms with Crippen LogP contribution in [-0.4, -0.2) is 30.0 Å². The smallest absolute Gasteiger partial charge is 0.420 e. The number of ether oxygens (including phenoxy) is 1. The van der Waals surface area contributed by atoms with Gasteiger partial charge in [-0.1, -0.05) is 30.3 Å². The maximum Gasteiger partial charge on any atom is 0.420 e. The molecule has 0 spiro atoms. The molecule has 3 aromatic rings. The van der Waals surface area contributed by atoms with Gasteiger partial charge in [0.2, 0.25) is 0 Å². The topological polar surface area (TPSA) is 60.2 Å². The largest absolute Gasteiger partial charge is 0.469 e. The summed E-state index contributed by atoms with van der Waals surface area (Å²) in [6.45, 7) is 0.384. The van der Waals surface area contributed by atoms with E-state index >= 15 is 0 Å². The molecule has 1 N–H and O–H groups in total. The van der Waals surface area contributed by atoms with E-state index < -0.39 is 11.7 Å². The zero-order valence-electron chi connectivity index (χ0n) is 15.2. The van der Waals surface area contributed by atoms with E-state index in [4.69, 9.17) is 9.15 Å². The molecule has 2 heterocycles. The van der Waals surface area contributed by atoms with E-state index in [0.29, 0.717) is 30.8 Å². The molecular formula is C20H20F3N3O2. The molecule has 8 heteroatoms. The molecule has 1 atom stereocenters. The Labute approximate surface area is 160 Å². The Balaban J connectivity index is 1.90. The third-order valence-corrected chi connectivity index (χ3v) is 4.21. The van der Waals surface area contributed by atoms with E-state index in [1.54, 1.807) is 49.6 Å². The fourth-order valence-corrected chi connectivity index (χ4v) is 2.81. The first-order chi connectivity index (χ1) is 13.5. The van der Waals surface area contributed by atoms with Crippen molar-refractivity contribution < 1.29 is 22.3 Å². The second-order valence-corrected chi connectivity index (χ2v) is 6.26. The standard InChI is InChI=1S/C20H20F3N3O2/c1-27-11-9-15(12-16-8-5-10-28-16)24-19-17(20(21,22)23)13-18(25-26-19)14-6-3-2-4-7-14/h2-8,10,13,15H,9,11-12H2,1H3,(H,24,26). The molecule has 0 aliphatic carbocycles. The number of hydrogen-bond acceptors (Lipinski definition) is 5. The number of alkyl halides is 3. The lowest BCUT2D eigenvalue weighted by atomic mass is 10.1. The van der Waals surface area contributed by atoms with Crippen molar-refractivity contribution in [3.63, 3.8) is 0 Å². The minimum Gasteiger partial charge on any atom is -0.469 e. The number of nitrogens with zero attached hydrogens (tertiary/aromatic N) is 2. The zero-order valence-corrected chi connectivity index (χ0v) is 15.2. The van der Waals surface area contributed by atoms with Crippen molar-refractivity contribution in [3.8, 4) is 11.3 Å². The lowest BCUT2D eigenvalue weighted by Crippen LogP contribution is -2.26. The van der Waals surface area contributed by atoms with Gasteiger partial charge in [-0.15, -0.1) is 10.2 Å². The molecule has 0 radical (unpaired) electrons. The minimum atomic E-state index is -4.57. The van der Waals surface area contributed by atoms with Crippen molar-refractivity contribution in [1.82, 2.24) is 10.2 Å². The van der Waals surface area contributed by atoms with Crippen LogP contribution >= 0.6 is 0 Å². The van der Waals surface area contributed by atoms with Crippen molar-refractivity contribution in [2.75, 3.05) is 19.0 Å². The zero-order chi connectivity index (χ0) is 20.0. The van der Waals surface area contributed by atoms with E-state index in [9.17, 15) is 13.2 Å². The van der Waals surface area contributed by atoms with E-state index in [0.717, 1.165) is 6.07 Å². The van der Waals surface area contributed by atoms with E-state index in [1.165, 1.54) is 6.26 Å². The average molecular weight is 391 g/mol. The van der Waals surface area contributed by atoms with E-state index in [1.807, 2.05) is 0 Å². The fourth-order valence-electron chi connectivity index (χ4n) is 2.81. The Morgan fingerprint density at radius 3 is 2.54 bits per heavy atom. The predicted molar refractivity (Wildman–Crippen MR) is 98.8 cm³/mol. The Bertz CT molecular complexity index is 868. The number of methoxy groups -OCH3 is 1. The highest BCUT2D eigenvalue weighted by molar-refractivity contribution is 5.62. The average Bonchev–Trinajstić information content (AvgIpc) is 3.19. The van der Waals surface area contributed by atoms with Crippen molar-refractivity contribution in [2.45, 2.75) is 25.1 Å². The molecule has 0 saturated heterocycles. The van der Waals surface area contributed by atoms with Crippen molar-refractivity contribution in [2.24, 2.45) is 0 Å². The van der Waals surface area contributed by atoms with Gasteiger partial charge in [0.25, 0.3) is 0 Å². The molecule has 0 bridgehead atoms. The monoisotopic (exact) mass is 391 g/mol. The number of hydrogen-bond donors (Lipinski definition) is 1. The Hall–Kier alpha value is -2.87. The van der Waals surface area contributed by atoms with Gasteiger partial charge >= 0.3 is 6.18 Å². The third kappa shape index (κ3) is 5.10. The number of furan rings is 1. The quantitative estimate of drug-likeness (QED) is 0.597. The van der Waals surface area contributed by atoms with Crippen LogP contribution in [0.3, 0.4) is 0 Å². The van der Waals surface area contributed by atoms with Crippen LogP contribution in [0, 0.1) is 0 Å². The molecule has 1 unspecified atom stereocenters. The van der Waals surface area contributed by atoms with Crippen molar-refractivity contribution >= 4 is 5.82 Å². The number of halogens is 3. The SMILES string of the molecule is COCCC(Cc1ccco1)Nc1nnc(-c2ccccc2)cc1C(F)(F)F. The van der Waals surface area contributed by atoms with E-state index in [2.05, 4.69) is 15.5 Å². The van der Waals surface area contributed by atoms with Gasteiger partial charge in [-0.2, -0.15) is 13.2 Å². The summed E-state index contributed by atoms with van der Waals surface area (Å²) in [5, 5.41) is 10.7. The number of aromatic nitrogens is 2. The first-order valence-corrected chi connectivity index (χ1v) is 8.75. The van der Waals surface area contributed by atoms with Gasteiger partial charge in [0.15, 0.2) is 5.82 Å². The maximum absolute atomic E-state index is 13.7. The Kier molecular flexibility index (Phi) is 6.30. The van der Waals surface area contributed by atoms with Gasteiger partial charge in [-0.25, -0.2) is 0 Å². The molecule has 3 rings (SSSR count). The second-order valence-electron chi connectivity index (χ2n) is 6.26. The summed E-state index contributed by atoms with van der Waals surface area (Å²) in [5.41, 5.74) is -0.125. The molecular weight excluding hydrogens is 371 g/mol. The fraction of sp³-hybridized carbons (Fsp3) is 0.300. The summed E-state index contributed by atoms with van der Waals surface area (Å²) >= 11 is 0. The van der Waals surface area contributed by atoms with Gasteiger partial charge in [-0.3, -0.25) is 0 Å². The van der Waals surface area contributed by atoms with Gasteiger partial charge in [-0.05, 0) is 24.6 Å². The van der Waals surface area contributed by atoms with Crippen LogP contribution in [0.2, 0.25) is 0 Å². The summed E-state index contributed by atoms with van der Waals surface area (Å²) in [6, 6.07) is 12.8. The van der Waals surface area contributed by atoms with Crippen LogP contribution in [-0.2, 0) is 17.3 Å². The number of nitrogens with one attached hydrogen (secondary N) is 1. The Morgan fingerprint density at radius 1 is 1.11 bits per heavy atom. The van der Waals surface area contributed by atoms with Crippen LogP contribution in [0.4, 0.5) is 19.0 Å². The molecule has 148 valence electrons. The summed E-state index contributed by atoms with van der Waals surface area (Å²) < 4.78 is 51.4. The molecule has 0 saturated carbocycles. The van der Waals surface area contributed by atoms with Crippen LogP contribution in [0.1, 0.15) is 17.7 Å². The maximum atomic E-state index is 13.7. The predicted octanol–water partition coefficient (Wildman–Crippen LogP) is 4.82. The number of rotatable bonds is 8. The van der Waals surface area contributed by atoms with E-state index in [-0.39, 0.29) is 17.6 Å². The molecule has 28 heavy (non-hydrogen) atoms. The van der Waals surface area contributed by atoms with Gasteiger partial charge in [0.1, 0.15) is 11.3 Å². The summed E-state index contributed by atoms with van der Waals surface area (Å²) in [4.78, 5) is 0. The van der Waals surface area contributed by atoms with Gasteiger partial charge < -0.3 is 14.5 Å². The number of anilines is 1. The van der Waals surface area contributed by atoms with Crippen LogP contribution in [0.25, 0.3) is 11.3 Å². The molecule has 0 aliphatic heterocycles. The van der Waals surface area contributed by atoms with Crippen LogP contribution in [0.5, 0.6) is 0 Å². The first kappa shape index (κ1) is 19.9. The summed E-state index contributed by atoms with van der Waals surface area (Å²) in [7, 11) is 1.54. The highest BCUT2D eigenvalue weighted by Gasteiger charge is 2.36. The lowest BCUT2D eigenvalue weighted by molar-refractivity contribution is -0.137. The first-order valence-electron chi connectivity index (χ1n) is 8.75. The molecule has 0 fully saturated rings. The summed E-state index contributed by atoms with van der Waals surface area (Å²) in [6.07, 6.45) is -2.16. The molecule has 0 amide bonds. The lowest BCUT2D eigenvalue weighted by Gasteiger charge is -2.21. The highest BCUT2D eigenvalue weighted by Crippen LogP contribution is 2.36. The Morgan fingerprint density at radius 2 is 1.89 bits per heavy atom. The molecule has 1 aromatic carbocycles. The third-order valence-electron chi connectivity index (χ3n) is 4.21. The second kappa shape index (κ2) is 8.88. The van der Waals surface area contributed by atoms with Crippen molar-refractivity contribution in [1.29, 1.82) is 0 Å². The van der Waals surface area contributed by atoms with Gasteiger partial charge in [0.05, 0.1) is 12.0 Å². The molecule has 0 aliphatic rings. The normalized spacial score (nSPS) is 12.7. The number of benzene rings is 1. The highest BCUT2D eigenvalue weighted by atomic mass is 19.4. The van der Waals surface area contributed by atoms with Crippen LogP contribution < -0.4 is 5.32 Å². The minimum absolute atomic E-state index is 0.165. The van der Waals surface area contributed by atoms with Gasteiger partial charge in [0, 0.05) is 31.7 Å². The molecule has 5 nitrogen and oxygen atoms in total. The van der Waals surface area contributed by atoms with Crippen molar-refractivity contribution in [3.05, 3.63) is 66.1 Å². The molecule has 2 aromatic heterocycles.